The molecule has 0 saturated heterocycles. The summed E-state index contributed by atoms with van der Waals surface area (Å²) in [7, 11) is 0. The molecule has 1 heterocycles. The van der Waals surface area contributed by atoms with Crippen LogP contribution in [-0.4, -0.2) is 11.5 Å². The Morgan fingerprint density at radius 3 is 2.67 bits per heavy atom. The first-order valence-electron chi connectivity index (χ1n) is 11.8. The summed E-state index contributed by atoms with van der Waals surface area (Å²) in [5.41, 5.74) is 3.80. The van der Waals surface area contributed by atoms with Crippen molar-refractivity contribution in [2.45, 2.75) is 83.6 Å². The van der Waals surface area contributed by atoms with E-state index >= 15 is 0 Å². The first kappa shape index (κ1) is 16.9. The number of aromatic amines is 1. The van der Waals surface area contributed by atoms with Crippen LogP contribution < -0.4 is 15.9 Å². The van der Waals surface area contributed by atoms with Crippen LogP contribution in [0, 0.1) is 29.1 Å². The van der Waals surface area contributed by atoms with Gasteiger partial charge in [0, 0.05) is 23.6 Å². The van der Waals surface area contributed by atoms with Gasteiger partial charge < -0.3 is 10.3 Å². The van der Waals surface area contributed by atoms with Gasteiger partial charge in [-0.1, -0.05) is 31.9 Å². The standard InChI is InChI=1S/C25H36N2/c1-16-5-8-22-21(9-16)20-3-2-4-23(24(20)27-22)26-15-25-12-17-6-7-18(13-25)11-19(10-17)14-25/h8-9,16-19,23,26-27H,2-7,10-15H2,1H3. The number of H-pyrrole nitrogens is 1. The van der Waals surface area contributed by atoms with Gasteiger partial charge in [-0.25, -0.2) is 0 Å². The zero-order valence-electron chi connectivity index (χ0n) is 17.0. The Morgan fingerprint density at radius 2 is 1.85 bits per heavy atom. The van der Waals surface area contributed by atoms with Gasteiger partial charge in [-0.15, -0.1) is 0 Å². The Bertz CT molecular complexity index is 830. The number of rotatable bonds is 3. The zero-order chi connectivity index (χ0) is 18.0. The summed E-state index contributed by atoms with van der Waals surface area (Å²) in [6.45, 7) is 3.63. The first-order chi connectivity index (χ1) is 13.2. The largest absolute Gasteiger partial charge is 0.357 e. The lowest BCUT2D eigenvalue weighted by molar-refractivity contribution is 0.0320. The van der Waals surface area contributed by atoms with E-state index in [1.807, 2.05) is 0 Å². The average Bonchev–Trinajstić information content (AvgIpc) is 2.89. The molecule has 6 aliphatic rings. The van der Waals surface area contributed by atoms with Crippen molar-refractivity contribution in [3.63, 3.8) is 0 Å². The minimum absolute atomic E-state index is 0.561. The number of nitrogens with one attached hydrogen (secondary N) is 2. The third-order valence-electron chi connectivity index (χ3n) is 8.83. The lowest BCUT2D eigenvalue weighted by atomic mass is 9.58. The summed E-state index contributed by atoms with van der Waals surface area (Å²) in [6.07, 6.45) is 20.8. The van der Waals surface area contributed by atoms with Crippen molar-refractivity contribution in [3.05, 3.63) is 21.8 Å². The number of hydrogen-bond donors (Lipinski definition) is 2. The Hall–Kier alpha value is -1.02. The molecule has 27 heavy (non-hydrogen) atoms. The van der Waals surface area contributed by atoms with Crippen LogP contribution in [-0.2, 0) is 6.42 Å². The van der Waals surface area contributed by atoms with E-state index in [0.717, 1.165) is 17.8 Å². The van der Waals surface area contributed by atoms with Crippen molar-refractivity contribution < 1.29 is 0 Å². The van der Waals surface area contributed by atoms with Crippen LogP contribution in [0.2, 0.25) is 0 Å². The van der Waals surface area contributed by atoms with E-state index in [1.54, 1.807) is 23.6 Å². The Morgan fingerprint density at radius 1 is 1.07 bits per heavy atom. The highest BCUT2D eigenvalue weighted by Gasteiger charge is 2.48. The minimum Gasteiger partial charge on any atom is -0.357 e. The third-order valence-corrected chi connectivity index (χ3v) is 8.83. The van der Waals surface area contributed by atoms with Gasteiger partial charge in [-0.2, -0.15) is 0 Å². The first-order valence-corrected chi connectivity index (χ1v) is 11.8. The highest BCUT2D eigenvalue weighted by Crippen LogP contribution is 2.57. The maximum absolute atomic E-state index is 4.12. The normalized spacial score (nSPS) is 42.0. The molecule has 2 nitrogen and oxygen atoms in total. The van der Waals surface area contributed by atoms with Gasteiger partial charge in [-0.05, 0) is 97.7 Å². The zero-order valence-corrected chi connectivity index (χ0v) is 17.0. The highest BCUT2D eigenvalue weighted by atomic mass is 15.0. The predicted octanol–water partition coefficient (Wildman–Crippen LogP) is 4.19. The van der Waals surface area contributed by atoms with E-state index in [1.165, 1.54) is 75.4 Å². The van der Waals surface area contributed by atoms with Crippen molar-refractivity contribution in [1.29, 1.82) is 0 Å². The molecule has 0 amide bonds. The molecule has 7 rings (SSSR count). The lowest BCUT2D eigenvalue weighted by Crippen LogP contribution is -2.45. The molecule has 1 aromatic rings. The van der Waals surface area contributed by atoms with Crippen molar-refractivity contribution >= 4 is 12.2 Å². The summed E-state index contributed by atoms with van der Waals surface area (Å²) in [5.74, 6) is 3.84. The topological polar surface area (TPSA) is 27.8 Å². The SMILES string of the molecule is CC1C=c2c3c([nH]c2=CC1)C(NCC12CC4CCC(CC(C4)C1)C2)CCC3. The van der Waals surface area contributed by atoms with Gasteiger partial charge in [0.1, 0.15) is 0 Å². The fraction of sp³-hybridized carbons (Fsp3) is 0.760. The molecule has 0 aromatic carbocycles. The molecule has 4 bridgehead atoms. The highest BCUT2D eigenvalue weighted by molar-refractivity contribution is 5.45. The summed E-state index contributed by atoms with van der Waals surface area (Å²) >= 11 is 0. The Labute approximate surface area is 163 Å². The van der Waals surface area contributed by atoms with Crippen molar-refractivity contribution in [3.8, 4) is 0 Å². The van der Waals surface area contributed by atoms with Gasteiger partial charge in [-0.3, -0.25) is 0 Å². The summed E-state index contributed by atoms with van der Waals surface area (Å²) in [4.78, 5) is 3.85. The second-order valence-electron chi connectivity index (χ2n) is 11.0. The molecular weight excluding hydrogens is 328 g/mol. The van der Waals surface area contributed by atoms with Crippen LogP contribution in [0.4, 0.5) is 0 Å². The molecule has 0 aliphatic heterocycles. The molecule has 4 fully saturated rings. The fourth-order valence-corrected chi connectivity index (χ4v) is 7.93. The molecule has 0 radical (unpaired) electrons. The van der Waals surface area contributed by atoms with Crippen molar-refractivity contribution in [1.82, 2.24) is 10.3 Å². The molecule has 4 saturated carbocycles. The van der Waals surface area contributed by atoms with Gasteiger partial charge in [0.05, 0.1) is 0 Å². The van der Waals surface area contributed by atoms with Gasteiger partial charge in [0.15, 0.2) is 0 Å². The number of fused-ring (bicyclic) bond motifs is 4. The van der Waals surface area contributed by atoms with Crippen LogP contribution in [0.1, 0.15) is 88.4 Å². The average molecular weight is 365 g/mol. The minimum atomic E-state index is 0.561. The molecule has 0 spiro atoms. The quantitative estimate of drug-likeness (QED) is 0.827. The molecule has 2 heteroatoms. The maximum Gasteiger partial charge on any atom is 0.0476 e. The summed E-state index contributed by atoms with van der Waals surface area (Å²) in [6, 6.07) is 0.561. The second-order valence-corrected chi connectivity index (χ2v) is 11.0. The molecule has 4 unspecified atom stereocenters. The smallest absolute Gasteiger partial charge is 0.0476 e. The van der Waals surface area contributed by atoms with E-state index < -0.39 is 0 Å². The molecule has 1 aromatic heterocycles. The molecule has 2 N–H and O–H groups in total. The van der Waals surface area contributed by atoms with Crippen molar-refractivity contribution in [2.24, 2.45) is 29.1 Å². The monoisotopic (exact) mass is 364 g/mol. The molecule has 6 aliphatic carbocycles. The van der Waals surface area contributed by atoms with E-state index in [-0.39, 0.29) is 0 Å². The summed E-state index contributed by atoms with van der Waals surface area (Å²) < 4.78 is 0. The van der Waals surface area contributed by atoms with Crippen LogP contribution in [0.5, 0.6) is 0 Å². The van der Waals surface area contributed by atoms with Gasteiger partial charge in [0.25, 0.3) is 0 Å². The van der Waals surface area contributed by atoms with Crippen LogP contribution in [0.15, 0.2) is 0 Å². The molecular formula is C25H36N2. The third kappa shape index (κ3) is 2.85. The van der Waals surface area contributed by atoms with Gasteiger partial charge >= 0.3 is 0 Å². The van der Waals surface area contributed by atoms with Crippen LogP contribution in [0.3, 0.4) is 0 Å². The van der Waals surface area contributed by atoms with Crippen LogP contribution >= 0.6 is 0 Å². The van der Waals surface area contributed by atoms with E-state index in [0.29, 0.717) is 17.4 Å². The lowest BCUT2D eigenvalue weighted by Gasteiger charge is -2.49. The van der Waals surface area contributed by atoms with E-state index in [9.17, 15) is 0 Å². The van der Waals surface area contributed by atoms with Crippen molar-refractivity contribution in [2.75, 3.05) is 6.54 Å². The molecule has 146 valence electrons. The summed E-state index contributed by atoms with van der Waals surface area (Å²) in [5, 5.41) is 7.08. The van der Waals surface area contributed by atoms with Crippen LogP contribution in [0.25, 0.3) is 12.2 Å². The predicted molar refractivity (Wildman–Crippen MR) is 112 cm³/mol. The Balaban J connectivity index is 1.26. The number of aromatic nitrogens is 1. The van der Waals surface area contributed by atoms with Gasteiger partial charge in [0.2, 0.25) is 0 Å². The Kier molecular flexibility index (Phi) is 3.90. The second kappa shape index (κ2) is 6.24. The van der Waals surface area contributed by atoms with E-state index in [4.69, 9.17) is 0 Å². The molecule has 4 atom stereocenters. The van der Waals surface area contributed by atoms with E-state index in [2.05, 4.69) is 29.4 Å². The number of hydrogen-bond acceptors (Lipinski definition) is 1. The maximum atomic E-state index is 4.12. The fourth-order valence-electron chi connectivity index (χ4n) is 7.93.